The number of carbonyl (C=O) groups is 2. The molecule has 0 bridgehead atoms. The highest BCUT2D eigenvalue weighted by molar-refractivity contribution is 9.10. The first-order valence-electron chi connectivity index (χ1n) is 8.04. The van der Waals surface area contributed by atoms with Gasteiger partial charge in [0, 0.05) is 36.0 Å². The predicted octanol–water partition coefficient (Wildman–Crippen LogP) is 3.52. The van der Waals surface area contributed by atoms with Gasteiger partial charge >= 0.3 is 5.97 Å². The van der Waals surface area contributed by atoms with Crippen molar-refractivity contribution in [1.29, 1.82) is 0 Å². The molecule has 9 nitrogen and oxygen atoms in total. The number of hydrogen-bond acceptors (Lipinski definition) is 7. The topological polar surface area (TPSA) is 111 Å². The van der Waals surface area contributed by atoms with Crippen LogP contribution in [0.2, 0.25) is 0 Å². The molecule has 2 aromatic rings. The first-order valence-corrected chi connectivity index (χ1v) is 8.83. The monoisotopic (exact) mass is 447 g/mol. The lowest BCUT2D eigenvalue weighted by atomic mass is 10.1. The van der Waals surface area contributed by atoms with Crippen LogP contribution in [0.15, 0.2) is 52.0 Å². The van der Waals surface area contributed by atoms with Crippen LogP contribution in [0.1, 0.15) is 31.2 Å². The molecule has 0 aliphatic carbocycles. The lowest BCUT2D eigenvalue weighted by Crippen LogP contribution is -2.25. The molecule has 0 aromatic heterocycles. The van der Waals surface area contributed by atoms with E-state index in [0.29, 0.717) is 15.6 Å². The zero-order chi connectivity index (χ0) is 20.4. The Morgan fingerprint density at radius 1 is 1.21 bits per heavy atom. The second-order valence-corrected chi connectivity index (χ2v) is 6.74. The maximum absolute atomic E-state index is 12.0. The number of esters is 1. The number of hydrazone groups is 1. The molecule has 0 N–H and O–H groups in total. The number of nitrogens with zero attached hydrogens (tertiary/aromatic N) is 3. The maximum Gasteiger partial charge on any atom is 0.308 e. The van der Waals surface area contributed by atoms with E-state index in [1.807, 2.05) is 0 Å². The lowest BCUT2D eigenvalue weighted by molar-refractivity contribution is -0.384. The first-order chi connectivity index (χ1) is 13.3. The van der Waals surface area contributed by atoms with E-state index < -0.39 is 17.1 Å². The van der Waals surface area contributed by atoms with E-state index >= 15 is 0 Å². The van der Waals surface area contributed by atoms with E-state index in [1.165, 1.54) is 38.1 Å². The lowest BCUT2D eigenvalue weighted by Gasteiger charge is -2.19. The Kier molecular flexibility index (Phi) is 5.41. The Hall–Kier alpha value is -3.27. The van der Waals surface area contributed by atoms with Crippen molar-refractivity contribution in [1.82, 2.24) is 5.01 Å². The molecular formula is C18H14BrN3O6. The van der Waals surface area contributed by atoms with E-state index in [-0.39, 0.29) is 23.2 Å². The van der Waals surface area contributed by atoms with E-state index in [1.54, 1.807) is 18.2 Å². The quantitative estimate of drug-likeness (QED) is 0.306. The van der Waals surface area contributed by atoms with Gasteiger partial charge in [-0.05, 0) is 30.3 Å². The molecule has 0 radical (unpaired) electrons. The summed E-state index contributed by atoms with van der Waals surface area (Å²) in [4.78, 5) is 33.7. The SMILES string of the molecule is CC(=O)Oc1ccc(Br)cc1C1=NN(C(C)=O)C(c2ccc([N+](=O)[O-])cc2)O1. The molecule has 1 aliphatic rings. The van der Waals surface area contributed by atoms with Crippen molar-refractivity contribution in [2.45, 2.75) is 20.1 Å². The van der Waals surface area contributed by atoms with Crippen LogP contribution in [-0.2, 0) is 14.3 Å². The van der Waals surface area contributed by atoms with Crippen LogP contribution in [0.4, 0.5) is 5.69 Å². The molecule has 2 aromatic carbocycles. The van der Waals surface area contributed by atoms with Crippen molar-refractivity contribution in [3.8, 4) is 5.75 Å². The number of carbonyl (C=O) groups excluding carboxylic acids is 2. The van der Waals surface area contributed by atoms with Crippen molar-refractivity contribution in [2.24, 2.45) is 5.10 Å². The highest BCUT2D eigenvalue weighted by Crippen LogP contribution is 2.34. The Labute approximate surface area is 167 Å². The van der Waals surface area contributed by atoms with Gasteiger partial charge in [-0.2, -0.15) is 5.01 Å². The van der Waals surface area contributed by atoms with Gasteiger partial charge in [0.15, 0.2) is 0 Å². The van der Waals surface area contributed by atoms with Crippen molar-refractivity contribution in [3.63, 3.8) is 0 Å². The zero-order valence-corrected chi connectivity index (χ0v) is 16.4. The summed E-state index contributed by atoms with van der Waals surface area (Å²) in [6, 6.07) is 10.5. The van der Waals surface area contributed by atoms with E-state index in [2.05, 4.69) is 21.0 Å². The number of rotatable bonds is 4. The fourth-order valence-electron chi connectivity index (χ4n) is 2.57. The van der Waals surface area contributed by atoms with Crippen molar-refractivity contribution in [2.75, 3.05) is 0 Å². The van der Waals surface area contributed by atoms with Gasteiger partial charge in [0.1, 0.15) is 5.75 Å². The summed E-state index contributed by atoms with van der Waals surface area (Å²) in [6.07, 6.45) is -0.905. The van der Waals surface area contributed by atoms with Crippen LogP contribution < -0.4 is 4.74 Å². The average molecular weight is 448 g/mol. The average Bonchev–Trinajstić information content (AvgIpc) is 3.08. The third-order valence-corrected chi connectivity index (χ3v) is 4.27. The predicted molar refractivity (Wildman–Crippen MR) is 101 cm³/mol. The molecule has 1 aliphatic heterocycles. The number of benzene rings is 2. The number of halogens is 1. The van der Waals surface area contributed by atoms with Gasteiger partial charge < -0.3 is 9.47 Å². The smallest absolute Gasteiger partial charge is 0.308 e. The molecule has 0 fully saturated rings. The zero-order valence-electron chi connectivity index (χ0n) is 14.8. The fourth-order valence-corrected chi connectivity index (χ4v) is 2.93. The van der Waals surface area contributed by atoms with Crippen LogP contribution >= 0.6 is 15.9 Å². The van der Waals surface area contributed by atoms with Gasteiger partial charge in [-0.25, -0.2) is 0 Å². The third kappa shape index (κ3) is 4.01. The molecule has 144 valence electrons. The van der Waals surface area contributed by atoms with Crippen molar-refractivity contribution >= 4 is 39.4 Å². The molecular weight excluding hydrogens is 434 g/mol. The van der Waals surface area contributed by atoms with E-state index in [0.717, 1.165) is 5.01 Å². The Balaban J connectivity index is 1.98. The minimum atomic E-state index is -0.905. The largest absolute Gasteiger partial charge is 0.446 e. The summed E-state index contributed by atoms with van der Waals surface area (Å²) in [5, 5.41) is 16.2. The van der Waals surface area contributed by atoms with Gasteiger partial charge in [-0.15, -0.1) is 5.10 Å². The van der Waals surface area contributed by atoms with Gasteiger partial charge in [-0.3, -0.25) is 19.7 Å². The van der Waals surface area contributed by atoms with E-state index in [9.17, 15) is 19.7 Å². The molecule has 1 unspecified atom stereocenters. The van der Waals surface area contributed by atoms with Crippen LogP contribution in [0.5, 0.6) is 5.75 Å². The van der Waals surface area contributed by atoms with E-state index in [4.69, 9.17) is 9.47 Å². The van der Waals surface area contributed by atoms with Crippen molar-refractivity contribution < 1.29 is 24.0 Å². The van der Waals surface area contributed by atoms with Crippen LogP contribution in [0.25, 0.3) is 0 Å². The number of hydrogen-bond donors (Lipinski definition) is 0. The van der Waals surface area contributed by atoms with Crippen LogP contribution in [0, 0.1) is 10.1 Å². The normalized spacial score (nSPS) is 15.6. The summed E-state index contributed by atoms with van der Waals surface area (Å²) in [6.45, 7) is 2.59. The molecule has 1 heterocycles. The number of ether oxygens (including phenoxy) is 2. The molecule has 0 saturated heterocycles. The number of nitro groups is 1. The molecule has 0 spiro atoms. The van der Waals surface area contributed by atoms with Crippen LogP contribution in [-0.4, -0.2) is 27.7 Å². The summed E-state index contributed by atoms with van der Waals surface area (Å²) >= 11 is 3.34. The molecule has 3 rings (SSSR count). The summed E-state index contributed by atoms with van der Waals surface area (Å²) in [5.74, 6) is -0.599. The number of amides is 1. The Bertz CT molecular complexity index is 989. The highest BCUT2D eigenvalue weighted by Gasteiger charge is 2.34. The number of nitro benzene ring substituents is 1. The summed E-state index contributed by atoms with van der Waals surface area (Å²) < 4.78 is 11.7. The minimum Gasteiger partial charge on any atom is -0.446 e. The molecule has 1 amide bonds. The third-order valence-electron chi connectivity index (χ3n) is 3.78. The van der Waals surface area contributed by atoms with Crippen molar-refractivity contribution in [3.05, 3.63) is 68.2 Å². The number of non-ortho nitro benzene ring substituents is 1. The molecule has 1 atom stereocenters. The summed E-state index contributed by atoms with van der Waals surface area (Å²) in [5.41, 5.74) is 0.796. The Morgan fingerprint density at radius 3 is 2.46 bits per heavy atom. The van der Waals surface area contributed by atoms with Crippen LogP contribution in [0.3, 0.4) is 0 Å². The van der Waals surface area contributed by atoms with Gasteiger partial charge in [0.2, 0.25) is 18.0 Å². The second-order valence-electron chi connectivity index (χ2n) is 5.82. The minimum absolute atomic E-state index is 0.0797. The molecule has 28 heavy (non-hydrogen) atoms. The molecule has 10 heteroatoms. The maximum atomic E-state index is 12.0. The molecule has 0 saturated carbocycles. The fraction of sp³-hybridized carbons (Fsp3) is 0.167. The van der Waals surface area contributed by atoms with Gasteiger partial charge in [0.25, 0.3) is 5.69 Å². The van der Waals surface area contributed by atoms with Gasteiger partial charge in [-0.1, -0.05) is 15.9 Å². The standard InChI is InChI=1S/C18H14BrN3O6/c1-10(23)21-18(12-3-6-14(7-4-12)22(25)26)28-17(20-21)15-9-13(19)5-8-16(15)27-11(2)24/h3-9,18H,1-2H3. The second kappa shape index (κ2) is 7.77. The Morgan fingerprint density at radius 2 is 1.89 bits per heavy atom. The van der Waals surface area contributed by atoms with Gasteiger partial charge in [0.05, 0.1) is 10.5 Å². The summed E-state index contributed by atoms with van der Waals surface area (Å²) in [7, 11) is 0. The first kappa shape index (κ1) is 19.5. The highest BCUT2D eigenvalue weighted by atomic mass is 79.9.